The summed E-state index contributed by atoms with van der Waals surface area (Å²) in [6.45, 7) is 8.24. The second kappa shape index (κ2) is 12.6. The normalized spacial score (nSPS) is 10.8. The van der Waals surface area contributed by atoms with Gasteiger partial charge in [-0.05, 0) is 53.9 Å². The van der Waals surface area contributed by atoms with Gasteiger partial charge in [0.05, 0.1) is 0 Å². The molecule has 0 aliphatic rings. The van der Waals surface area contributed by atoms with E-state index in [1.165, 1.54) is 31.4 Å². The Morgan fingerprint density at radius 3 is 2.03 bits per heavy atom. The average molecular weight is 504 g/mol. The lowest BCUT2D eigenvalue weighted by Crippen LogP contribution is -1.99. The van der Waals surface area contributed by atoms with Crippen molar-refractivity contribution in [1.82, 2.24) is 0 Å². The molecule has 37 heavy (non-hydrogen) atoms. The van der Waals surface area contributed by atoms with Crippen LogP contribution >= 0.6 is 0 Å². The molecular formula is C29H22F2O6. The molecule has 0 aliphatic heterocycles. The van der Waals surface area contributed by atoms with Gasteiger partial charge in [0.2, 0.25) is 0 Å². The van der Waals surface area contributed by atoms with Gasteiger partial charge in [-0.2, -0.15) is 0 Å². The highest BCUT2D eigenvalue weighted by molar-refractivity contribution is 5.87. The molecule has 3 rings (SSSR count). The molecule has 6 nitrogen and oxygen atoms in total. The highest BCUT2D eigenvalue weighted by Gasteiger charge is 2.11. The Morgan fingerprint density at radius 2 is 1.38 bits per heavy atom. The number of benzene rings is 3. The van der Waals surface area contributed by atoms with Gasteiger partial charge in [-0.1, -0.05) is 43.5 Å². The number of carbonyl (C=O) groups is 2. The molecule has 0 spiro atoms. The Morgan fingerprint density at radius 1 is 0.757 bits per heavy atom. The fraction of sp³-hybridized carbons (Fsp3) is 0.0345. The van der Waals surface area contributed by atoms with E-state index in [0.29, 0.717) is 16.9 Å². The molecule has 188 valence electrons. The summed E-state index contributed by atoms with van der Waals surface area (Å²) < 4.78 is 49.2. The van der Waals surface area contributed by atoms with Crippen molar-refractivity contribution in [2.45, 2.75) is 6.92 Å². The van der Waals surface area contributed by atoms with Crippen molar-refractivity contribution >= 4 is 11.9 Å². The van der Waals surface area contributed by atoms with Gasteiger partial charge in [0.25, 0.3) is 0 Å². The Kier molecular flexibility index (Phi) is 9.10. The molecule has 0 aromatic heterocycles. The number of ether oxygens (including phenoxy) is 4. The quantitative estimate of drug-likeness (QED) is 0.171. The number of esters is 2. The molecular weight excluding hydrogens is 482 g/mol. The molecule has 0 atom stereocenters. The van der Waals surface area contributed by atoms with Crippen molar-refractivity contribution in [2.24, 2.45) is 0 Å². The average Bonchev–Trinajstić information content (AvgIpc) is 2.89. The van der Waals surface area contributed by atoms with Crippen molar-refractivity contribution < 1.29 is 37.3 Å². The number of halogens is 2. The molecule has 0 bridgehead atoms. The van der Waals surface area contributed by atoms with Crippen molar-refractivity contribution in [1.29, 1.82) is 0 Å². The van der Waals surface area contributed by atoms with Crippen LogP contribution in [-0.4, -0.2) is 11.9 Å². The van der Waals surface area contributed by atoms with E-state index in [1.54, 1.807) is 36.4 Å². The van der Waals surface area contributed by atoms with Crippen LogP contribution in [0.3, 0.4) is 0 Å². The second-order valence-electron chi connectivity index (χ2n) is 7.47. The fourth-order valence-corrected chi connectivity index (χ4v) is 2.96. The zero-order valence-electron chi connectivity index (χ0n) is 19.8. The van der Waals surface area contributed by atoms with Crippen molar-refractivity contribution in [3.05, 3.63) is 122 Å². The van der Waals surface area contributed by atoms with Gasteiger partial charge in [0.1, 0.15) is 36.6 Å². The van der Waals surface area contributed by atoms with Crippen LogP contribution in [0.4, 0.5) is 8.78 Å². The van der Waals surface area contributed by atoms with Gasteiger partial charge < -0.3 is 18.9 Å². The monoisotopic (exact) mass is 504 g/mol. The largest absolute Gasteiger partial charge is 0.462 e. The number of hydrogen-bond donors (Lipinski definition) is 0. The van der Waals surface area contributed by atoms with Crippen LogP contribution in [0.1, 0.15) is 6.92 Å². The minimum atomic E-state index is -0.722. The highest BCUT2D eigenvalue weighted by atomic mass is 19.1. The zero-order valence-corrected chi connectivity index (χ0v) is 19.8. The molecule has 0 aliphatic carbocycles. The maximum absolute atomic E-state index is 14.9. The first-order valence-corrected chi connectivity index (χ1v) is 10.8. The molecule has 0 unspecified atom stereocenters. The molecule has 0 saturated heterocycles. The van der Waals surface area contributed by atoms with Crippen LogP contribution in [0, 0.1) is 11.6 Å². The van der Waals surface area contributed by atoms with Gasteiger partial charge in [-0.3, -0.25) is 0 Å². The van der Waals surface area contributed by atoms with Crippen LogP contribution in [-0.2, 0) is 19.1 Å². The summed E-state index contributed by atoms with van der Waals surface area (Å²) in [5.41, 5.74) is 2.13. The third-order valence-electron chi connectivity index (χ3n) is 4.78. The topological polar surface area (TPSA) is 71.1 Å². The van der Waals surface area contributed by atoms with E-state index in [2.05, 4.69) is 17.9 Å². The summed E-state index contributed by atoms with van der Waals surface area (Å²) in [7, 11) is 0. The van der Waals surface area contributed by atoms with Crippen LogP contribution in [0.2, 0.25) is 0 Å². The summed E-state index contributed by atoms with van der Waals surface area (Å²) in [5.74, 6) is -2.15. The van der Waals surface area contributed by atoms with Gasteiger partial charge in [0, 0.05) is 17.2 Å². The molecule has 3 aromatic rings. The van der Waals surface area contributed by atoms with E-state index < -0.39 is 23.6 Å². The predicted octanol–water partition coefficient (Wildman–Crippen LogP) is 6.85. The minimum absolute atomic E-state index is 0.127. The maximum atomic E-state index is 14.9. The first-order chi connectivity index (χ1) is 17.8. The third kappa shape index (κ3) is 7.50. The maximum Gasteiger partial charge on any atom is 0.338 e. The lowest BCUT2D eigenvalue weighted by atomic mass is 9.99. The van der Waals surface area contributed by atoms with Crippen molar-refractivity contribution in [2.75, 3.05) is 0 Å². The fourth-order valence-electron chi connectivity index (χ4n) is 2.96. The number of rotatable bonds is 10. The summed E-state index contributed by atoms with van der Waals surface area (Å²) in [4.78, 5) is 22.3. The standard InChI is InChI=1S/C29H22F2O6/c1-4-28(32)36-15-14-35-27-12-8-22(18-26(27)31)24-11-7-21(17-25(24)30)20-5-9-23(10-6-20)34-13-16-37-29(33)19(2)3/h4-18H,1-2H2,3H3. The first kappa shape index (κ1) is 26.6. The third-order valence-corrected chi connectivity index (χ3v) is 4.78. The van der Waals surface area contributed by atoms with E-state index >= 15 is 0 Å². The van der Waals surface area contributed by atoms with Crippen LogP contribution in [0.5, 0.6) is 11.5 Å². The smallest absolute Gasteiger partial charge is 0.338 e. The Bertz CT molecular complexity index is 1370. The predicted molar refractivity (Wildman–Crippen MR) is 134 cm³/mol. The summed E-state index contributed by atoms with van der Waals surface area (Å²) in [6, 6.07) is 15.4. The molecule has 3 aromatic carbocycles. The molecule has 0 saturated carbocycles. The second-order valence-corrected chi connectivity index (χ2v) is 7.47. The van der Waals surface area contributed by atoms with Crippen LogP contribution < -0.4 is 9.47 Å². The van der Waals surface area contributed by atoms with Crippen molar-refractivity contribution in [3.63, 3.8) is 0 Å². The Hall–Kier alpha value is -4.98. The Labute approximate surface area is 212 Å². The number of carbonyl (C=O) groups excluding carboxylic acids is 2. The van der Waals surface area contributed by atoms with E-state index in [9.17, 15) is 18.4 Å². The first-order valence-electron chi connectivity index (χ1n) is 10.8. The molecule has 8 heteroatoms. The van der Waals surface area contributed by atoms with Crippen molar-refractivity contribution in [3.8, 4) is 33.8 Å². The van der Waals surface area contributed by atoms with Gasteiger partial charge in [0.15, 0.2) is 11.6 Å². The molecule has 0 radical (unpaired) electrons. The lowest BCUT2D eigenvalue weighted by Gasteiger charge is -2.09. The summed E-state index contributed by atoms with van der Waals surface area (Å²) >= 11 is 0. The lowest BCUT2D eigenvalue weighted by molar-refractivity contribution is -0.134. The summed E-state index contributed by atoms with van der Waals surface area (Å²) in [6.07, 6.45) is 5.24. The van der Waals surface area contributed by atoms with Gasteiger partial charge in [-0.25, -0.2) is 18.4 Å². The molecule has 0 heterocycles. The van der Waals surface area contributed by atoms with Crippen LogP contribution in [0.25, 0.3) is 22.3 Å². The SMILES string of the molecule is C=CC(=O)OC=COc1ccc(-c2ccc(-c3ccc(OC=COC(=O)C(=C)C)cc3)cc2F)cc1F. The van der Waals surface area contributed by atoms with Crippen LogP contribution in [0.15, 0.2) is 111 Å². The van der Waals surface area contributed by atoms with E-state index in [-0.39, 0.29) is 16.9 Å². The minimum Gasteiger partial charge on any atom is -0.462 e. The molecule has 0 N–H and O–H groups in total. The number of hydrogen-bond acceptors (Lipinski definition) is 6. The van der Waals surface area contributed by atoms with E-state index in [1.807, 2.05) is 0 Å². The Balaban J connectivity index is 1.66. The highest BCUT2D eigenvalue weighted by Crippen LogP contribution is 2.31. The molecule has 0 fully saturated rings. The van der Waals surface area contributed by atoms with Gasteiger partial charge in [-0.15, -0.1) is 0 Å². The van der Waals surface area contributed by atoms with E-state index in [4.69, 9.17) is 14.2 Å². The summed E-state index contributed by atoms with van der Waals surface area (Å²) in [5, 5.41) is 0. The molecule has 0 amide bonds. The zero-order chi connectivity index (χ0) is 26.8. The van der Waals surface area contributed by atoms with Gasteiger partial charge >= 0.3 is 11.9 Å². The van der Waals surface area contributed by atoms with E-state index in [0.717, 1.165) is 36.5 Å².